The number of hydrogen-bond acceptors (Lipinski definition) is 6. The molecule has 0 aliphatic rings. The maximum absolute atomic E-state index is 7.29. The van der Waals surface area contributed by atoms with Gasteiger partial charge in [0.05, 0.1) is 5.69 Å². The molecule has 0 amide bonds. The Morgan fingerprint density at radius 3 is 2.78 bits per heavy atom. The summed E-state index contributed by atoms with van der Waals surface area (Å²) in [6.45, 7) is 0. The number of halogens is 1. The van der Waals surface area contributed by atoms with E-state index < -0.39 is 0 Å². The van der Waals surface area contributed by atoms with Gasteiger partial charge in [0.15, 0.2) is 0 Å². The first-order chi connectivity index (χ1) is 8.60. The average molecular weight is 307 g/mol. The van der Waals surface area contributed by atoms with Crippen molar-refractivity contribution in [2.45, 2.75) is 0 Å². The van der Waals surface area contributed by atoms with Gasteiger partial charge >= 0.3 is 0 Å². The van der Waals surface area contributed by atoms with Gasteiger partial charge in [-0.25, -0.2) is 4.98 Å². The molecule has 0 aliphatic carbocycles. The summed E-state index contributed by atoms with van der Waals surface area (Å²) in [6.07, 6.45) is 2.76. The molecule has 6 N–H and O–H groups in total. The van der Waals surface area contributed by atoms with E-state index in [1.807, 2.05) is 0 Å². The molecule has 7 heteroatoms. The van der Waals surface area contributed by atoms with Crippen LogP contribution in [0.5, 0.6) is 0 Å². The fraction of sp³-hybridized carbons (Fsp3) is 0. The second-order valence-corrected chi connectivity index (χ2v) is 4.38. The lowest BCUT2D eigenvalue weighted by Gasteiger charge is -2.09. The zero-order chi connectivity index (χ0) is 13.1. The van der Waals surface area contributed by atoms with Gasteiger partial charge in [-0.2, -0.15) is 4.98 Å². The van der Waals surface area contributed by atoms with Crippen molar-refractivity contribution in [3.05, 3.63) is 34.4 Å². The van der Waals surface area contributed by atoms with Crippen LogP contribution >= 0.6 is 15.9 Å². The average Bonchev–Trinajstić information content (AvgIpc) is 2.33. The number of nitrogens with two attached hydrogens (primary N) is 2. The Bertz CT molecular complexity index is 598. The predicted molar refractivity (Wildman–Crippen MR) is 76.2 cm³/mol. The second kappa shape index (κ2) is 5.01. The minimum absolute atomic E-state index is 0.196. The van der Waals surface area contributed by atoms with Gasteiger partial charge in [-0.05, 0) is 34.1 Å². The van der Waals surface area contributed by atoms with Crippen LogP contribution in [-0.2, 0) is 0 Å². The summed E-state index contributed by atoms with van der Waals surface area (Å²) in [6, 6.07) is 5.26. The number of nitrogens with one attached hydrogen (secondary N) is 2. The summed E-state index contributed by atoms with van der Waals surface area (Å²) in [5.74, 6) is 0.775. The Morgan fingerprint density at radius 2 is 2.11 bits per heavy atom. The van der Waals surface area contributed by atoms with Crippen LogP contribution in [0, 0.1) is 5.41 Å². The molecule has 18 heavy (non-hydrogen) atoms. The molecule has 0 spiro atoms. The normalized spacial score (nSPS) is 10.1. The number of anilines is 4. The number of nitrogens with zero attached hydrogens (tertiary/aromatic N) is 2. The van der Waals surface area contributed by atoms with E-state index in [0.717, 1.165) is 5.69 Å². The quantitative estimate of drug-likeness (QED) is 0.512. The molecular weight excluding hydrogens is 296 g/mol. The molecule has 0 bridgehead atoms. The van der Waals surface area contributed by atoms with Crippen molar-refractivity contribution in [1.82, 2.24) is 9.97 Å². The Labute approximate surface area is 112 Å². The van der Waals surface area contributed by atoms with Crippen molar-refractivity contribution in [3.8, 4) is 0 Å². The molecule has 0 radical (unpaired) electrons. The molecule has 6 nitrogen and oxygen atoms in total. The van der Waals surface area contributed by atoms with Crippen LogP contribution in [0.1, 0.15) is 5.56 Å². The van der Waals surface area contributed by atoms with Crippen molar-refractivity contribution in [2.75, 3.05) is 16.8 Å². The van der Waals surface area contributed by atoms with Crippen molar-refractivity contribution in [1.29, 1.82) is 5.41 Å². The third kappa shape index (κ3) is 2.57. The molecule has 0 aliphatic heterocycles. The standard InChI is InChI=1S/C11H11BrN6/c12-8-4-7(3-6(5-13)10(8)14)17-9-1-2-16-11(15)18-9/h1-5,13H,14H2,(H3,15,16,17,18). The Balaban J connectivity index is 2.35. The lowest BCUT2D eigenvalue weighted by Crippen LogP contribution is -2.01. The fourth-order valence-electron chi connectivity index (χ4n) is 1.42. The number of hydrogen-bond donors (Lipinski definition) is 4. The molecule has 1 heterocycles. The van der Waals surface area contributed by atoms with E-state index in [1.54, 1.807) is 24.4 Å². The van der Waals surface area contributed by atoms with Crippen LogP contribution in [0.4, 0.5) is 23.1 Å². The summed E-state index contributed by atoms with van der Waals surface area (Å²) in [4.78, 5) is 7.84. The summed E-state index contributed by atoms with van der Waals surface area (Å²) < 4.78 is 0.716. The van der Waals surface area contributed by atoms with Crippen LogP contribution < -0.4 is 16.8 Å². The van der Waals surface area contributed by atoms with Gasteiger partial charge in [-0.1, -0.05) is 0 Å². The molecule has 92 valence electrons. The number of nitrogen functional groups attached to an aromatic ring is 2. The molecular formula is C11H11BrN6. The van der Waals surface area contributed by atoms with E-state index in [0.29, 0.717) is 21.5 Å². The Hall–Kier alpha value is -2.15. The van der Waals surface area contributed by atoms with E-state index in [9.17, 15) is 0 Å². The van der Waals surface area contributed by atoms with Gasteiger partial charge in [0.2, 0.25) is 5.95 Å². The largest absolute Gasteiger partial charge is 0.397 e. The fourth-order valence-corrected chi connectivity index (χ4v) is 1.90. The van der Waals surface area contributed by atoms with E-state index >= 15 is 0 Å². The first kappa shape index (κ1) is 12.3. The molecule has 1 aromatic heterocycles. The smallest absolute Gasteiger partial charge is 0.221 e. The highest BCUT2D eigenvalue weighted by atomic mass is 79.9. The molecule has 0 unspecified atom stereocenters. The van der Waals surface area contributed by atoms with Gasteiger partial charge in [0.1, 0.15) is 5.82 Å². The summed E-state index contributed by atoms with van der Waals surface area (Å²) >= 11 is 3.34. The summed E-state index contributed by atoms with van der Waals surface area (Å²) in [5, 5.41) is 10.4. The molecule has 0 atom stereocenters. The van der Waals surface area contributed by atoms with Gasteiger partial charge in [0, 0.05) is 28.1 Å². The van der Waals surface area contributed by atoms with E-state index in [4.69, 9.17) is 16.9 Å². The highest BCUT2D eigenvalue weighted by Gasteiger charge is 2.05. The van der Waals surface area contributed by atoms with Gasteiger partial charge in [-0.15, -0.1) is 0 Å². The number of aromatic nitrogens is 2. The van der Waals surface area contributed by atoms with Crippen molar-refractivity contribution in [2.24, 2.45) is 0 Å². The third-order valence-corrected chi connectivity index (χ3v) is 2.92. The zero-order valence-corrected chi connectivity index (χ0v) is 10.9. The zero-order valence-electron chi connectivity index (χ0n) is 9.31. The van der Waals surface area contributed by atoms with Crippen molar-refractivity contribution in [3.63, 3.8) is 0 Å². The molecule has 1 aromatic carbocycles. The van der Waals surface area contributed by atoms with Crippen LogP contribution in [-0.4, -0.2) is 16.2 Å². The molecule has 0 saturated carbocycles. The first-order valence-corrected chi connectivity index (χ1v) is 5.84. The lowest BCUT2D eigenvalue weighted by molar-refractivity contribution is 1.18. The minimum atomic E-state index is 0.196. The third-order valence-electron chi connectivity index (χ3n) is 2.26. The second-order valence-electron chi connectivity index (χ2n) is 3.53. The molecule has 0 saturated heterocycles. The SMILES string of the molecule is N=Cc1cc(Nc2ccnc(N)n2)cc(Br)c1N. The topological polar surface area (TPSA) is 114 Å². The van der Waals surface area contributed by atoms with Gasteiger partial charge < -0.3 is 22.2 Å². The van der Waals surface area contributed by atoms with E-state index in [1.165, 1.54) is 6.21 Å². The molecule has 0 fully saturated rings. The highest BCUT2D eigenvalue weighted by molar-refractivity contribution is 9.10. The van der Waals surface area contributed by atoms with Gasteiger partial charge in [0.25, 0.3) is 0 Å². The van der Waals surface area contributed by atoms with Crippen LogP contribution in [0.25, 0.3) is 0 Å². The number of rotatable bonds is 3. The van der Waals surface area contributed by atoms with Crippen LogP contribution in [0.2, 0.25) is 0 Å². The monoisotopic (exact) mass is 306 g/mol. The minimum Gasteiger partial charge on any atom is -0.397 e. The maximum atomic E-state index is 7.29. The van der Waals surface area contributed by atoms with Crippen LogP contribution in [0.15, 0.2) is 28.9 Å². The first-order valence-electron chi connectivity index (χ1n) is 5.05. The number of benzene rings is 1. The predicted octanol–water partition coefficient (Wildman–Crippen LogP) is 2.14. The molecule has 2 rings (SSSR count). The summed E-state index contributed by atoms with van der Waals surface area (Å²) in [5.41, 5.74) is 13.2. The van der Waals surface area contributed by atoms with Crippen molar-refractivity contribution >= 4 is 45.3 Å². The van der Waals surface area contributed by atoms with Crippen LogP contribution in [0.3, 0.4) is 0 Å². The van der Waals surface area contributed by atoms with Crippen molar-refractivity contribution < 1.29 is 0 Å². The Morgan fingerprint density at radius 1 is 1.33 bits per heavy atom. The van der Waals surface area contributed by atoms with Gasteiger partial charge in [-0.3, -0.25) is 0 Å². The highest BCUT2D eigenvalue weighted by Crippen LogP contribution is 2.28. The summed E-state index contributed by atoms with van der Waals surface area (Å²) in [7, 11) is 0. The van der Waals surface area contributed by atoms with E-state index in [-0.39, 0.29) is 5.95 Å². The Kier molecular flexibility index (Phi) is 3.42. The molecule has 2 aromatic rings. The maximum Gasteiger partial charge on any atom is 0.221 e. The lowest BCUT2D eigenvalue weighted by atomic mass is 10.1. The van der Waals surface area contributed by atoms with E-state index in [2.05, 4.69) is 31.2 Å².